The minimum Gasteiger partial charge on any atom is -0.376 e. The minimum absolute atomic E-state index is 0.123. The molecule has 3 heteroatoms. The summed E-state index contributed by atoms with van der Waals surface area (Å²) < 4.78 is 5.47. The van der Waals surface area contributed by atoms with Crippen LogP contribution in [-0.2, 0) is 9.53 Å². The van der Waals surface area contributed by atoms with Crippen molar-refractivity contribution in [3.05, 3.63) is 0 Å². The fourth-order valence-corrected chi connectivity index (χ4v) is 1.43. The van der Waals surface area contributed by atoms with E-state index in [0.717, 1.165) is 12.8 Å². The topological polar surface area (TPSA) is 29.5 Å². The van der Waals surface area contributed by atoms with Gasteiger partial charge in [0.05, 0.1) is 18.8 Å². The number of nitrogens with zero attached hydrogens (tertiary/aromatic N) is 1. The normalized spacial score (nSPS) is 29.9. The Kier molecular flexibility index (Phi) is 3.09. The van der Waals surface area contributed by atoms with E-state index in [1.165, 1.54) is 0 Å². The third-order valence-corrected chi connectivity index (χ3v) is 2.52. The molecule has 0 saturated carbocycles. The Hall–Kier alpha value is -0.570. The van der Waals surface area contributed by atoms with Gasteiger partial charge in [0.15, 0.2) is 0 Å². The number of hydrogen-bond donors (Lipinski definition) is 0. The number of rotatable bonds is 1. The van der Waals surface area contributed by atoms with Gasteiger partial charge in [0, 0.05) is 14.0 Å². The van der Waals surface area contributed by atoms with Gasteiger partial charge in [-0.3, -0.25) is 4.79 Å². The van der Waals surface area contributed by atoms with Crippen LogP contribution in [0, 0.1) is 0 Å². The van der Waals surface area contributed by atoms with Crippen LogP contribution in [0.3, 0.4) is 0 Å². The molecule has 0 aromatic rings. The van der Waals surface area contributed by atoms with E-state index < -0.39 is 0 Å². The lowest BCUT2D eigenvalue weighted by Gasteiger charge is -2.33. The summed E-state index contributed by atoms with van der Waals surface area (Å²) in [6.07, 6.45) is 2.49. The lowest BCUT2D eigenvalue weighted by Crippen LogP contribution is -2.42. The molecule has 3 nitrogen and oxygen atoms in total. The van der Waals surface area contributed by atoms with Gasteiger partial charge in [0.1, 0.15) is 0 Å². The molecule has 1 fully saturated rings. The summed E-state index contributed by atoms with van der Waals surface area (Å²) in [6, 6.07) is 0.290. The second-order valence-corrected chi connectivity index (χ2v) is 3.51. The van der Waals surface area contributed by atoms with Gasteiger partial charge in [0.25, 0.3) is 0 Å². The zero-order valence-corrected chi connectivity index (χ0v) is 8.04. The van der Waals surface area contributed by atoms with E-state index >= 15 is 0 Å². The fourth-order valence-electron chi connectivity index (χ4n) is 1.43. The van der Waals surface area contributed by atoms with Gasteiger partial charge in [-0.05, 0) is 19.8 Å². The average Bonchev–Trinajstić information content (AvgIpc) is 2.04. The smallest absolute Gasteiger partial charge is 0.219 e. The van der Waals surface area contributed by atoms with Crippen LogP contribution in [0.15, 0.2) is 0 Å². The first-order valence-electron chi connectivity index (χ1n) is 4.46. The second kappa shape index (κ2) is 3.90. The quantitative estimate of drug-likeness (QED) is 0.589. The third-order valence-electron chi connectivity index (χ3n) is 2.52. The highest BCUT2D eigenvalue weighted by Gasteiger charge is 2.23. The molecular formula is C9H17NO2. The Morgan fingerprint density at radius 1 is 1.50 bits per heavy atom. The van der Waals surface area contributed by atoms with Crippen molar-refractivity contribution in [1.29, 1.82) is 0 Å². The van der Waals surface area contributed by atoms with Gasteiger partial charge in [-0.15, -0.1) is 0 Å². The van der Waals surface area contributed by atoms with Crippen molar-refractivity contribution in [2.24, 2.45) is 0 Å². The van der Waals surface area contributed by atoms with Crippen LogP contribution in [0.5, 0.6) is 0 Å². The molecule has 1 rings (SSSR count). The summed E-state index contributed by atoms with van der Waals surface area (Å²) in [4.78, 5) is 12.8. The van der Waals surface area contributed by atoms with Crippen LogP contribution >= 0.6 is 0 Å². The van der Waals surface area contributed by atoms with Crippen molar-refractivity contribution in [2.75, 3.05) is 13.7 Å². The van der Waals surface area contributed by atoms with Crippen molar-refractivity contribution >= 4 is 5.91 Å². The maximum absolute atomic E-state index is 11.0. The highest BCUT2D eigenvalue weighted by molar-refractivity contribution is 5.73. The molecular weight excluding hydrogens is 154 g/mol. The fraction of sp³-hybridized carbons (Fsp3) is 0.889. The lowest BCUT2D eigenvalue weighted by molar-refractivity contribution is -0.133. The molecule has 0 radical (unpaired) electrons. The SMILES string of the molecule is CC(=O)N(C)C1CC[C@H](C)OC1. The number of likely N-dealkylation sites (N-methyl/N-ethyl adjacent to an activating group) is 1. The molecule has 0 spiro atoms. The van der Waals surface area contributed by atoms with E-state index in [2.05, 4.69) is 6.92 Å². The Morgan fingerprint density at radius 3 is 2.58 bits per heavy atom. The first-order chi connectivity index (χ1) is 5.61. The molecule has 70 valence electrons. The molecule has 0 N–H and O–H groups in total. The highest BCUT2D eigenvalue weighted by atomic mass is 16.5. The van der Waals surface area contributed by atoms with Gasteiger partial charge in [-0.2, -0.15) is 0 Å². The van der Waals surface area contributed by atoms with E-state index in [1.54, 1.807) is 11.8 Å². The Labute approximate surface area is 73.7 Å². The molecule has 0 aliphatic carbocycles. The lowest BCUT2D eigenvalue weighted by atomic mass is 10.1. The van der Waals surface area contributed by atoms with Crippen LogP contribution in [0.1, 0.15) is 26.7 Å². The van der Waals surface area contributed by atoms with Gasteiger partial charge in [-0.1, -0.05) is 0 Å². The molecule has 0 bridgehead atoms. The van der Waals surface area contributed by atoms with E-state index in [4.69, 9.17) is 4.74 Å². The maximum Gasteiger partial charge on any atom is 0.219 e. The Morgan fingerprint density at radius 2 is 2.17 bits per heavy atom. The van der Waals surface area contributed by atoms with E-state index in [0.29, 0.717) is 18.8 Å². The van der Waals surface area contributed by atoms with E-state index in [1.807, 2.05) is 7.05 Å². The highest BCUT2D eigenvalue weighted by Crippen LogP contribution is 2.16. The predicted octanol–water partition coefficient (Wildman–Crippen LogP) is 1.03. The molecule has 1 amide bonds. The van der Waals surface area contributed by atoms with Crippen LogP contribution in [0.2, 0.25) is 0 Å². The number of ether oxygens (including phenoxy) is 1. The first kappa shape index (κ1) is 9.52. The van der Waals surface area contributed by atoms with Gasteiger partial charge in [-0.25, -0.2) is 0 Å². The molecule has 12 heavy (non-hydrogen) atoms. The summed E-state index contributed by atoms with van der Waals surface area (Å²) in [7, 11) is 1.84. The maximum atomic E-state index is 11.0. The zero-order valence-electron chi connectivity index (χ0n) is 8.04. The first-order valence-corrected chi connectivity index (χ1v) is 4.46. The summed E-state index contributed by atoms with van der Waals surface area (Å²) in [5, 5.41) is 0. The van der Waals surface area contributed by atoms with Gasteiger partial charge < -0.3 is 9.64 Å². The Bertz CT molecular complexity index is 162. The van der Waals surface area contributed by atoms with Crippen LogP contribution in [0.4, 0.5) is 0 Å². The average molecular weight is 171 g/mol. The summed E-state index contributed by atoms with van der Waals surface area (Å²) >= 11 is 0. The largest absolute Gasteiger partial charge is 0.376 e. The van der Waals surface area contributed by atoms with Gasteiger partial charge in [0.2, 0.25) is 5.91 Å². The molecule has 0 aromatic heterocycles. The predicted molar refractivity (Wildman–Crippen MR) is 46.9 cm³/mol. The summed E-state index contributed by atoms with van der Waals surface area (Å²) in [5.41, 5.74) is 0. The molecule has 1 saturated heterocycles. The summed E-state index contributed by atoms with van der Waals surface area (Å²) in [6.45, 7) is 4.36. The van der Waals surface area contributed by atoms with Gasteiger partial charge >= 0.3 is 0 Å². The molecule has 2 atom stereocenters. The van der Waals surface area contributed by atoms with Crippen molar-refractivity contribution in [3.8, 4) is 0 Å². The van der Waals surface area contributed by atoms with Crippen LogP contribution in [-0.4, -0.2) is 36.6 Å². The standard InChI is InChI=1S/C9H17NO2/c1-7-4-5-9(6-12-7)10(3)8(2)11/h7,9H,4-6H2,1-3H3/t7-,9?/m0/s1. The molecule has 0 aromatic carbocycles. The number of carbonyl (C=O) groups is 1. The number of hydrogen-bond acceptors (Lipinski definition) is 2. The Balaban J connectivity index is 2.39. The van der Waals surface area contributed by atoms with Crippen LogP contribution < -0.4 is 0 Å². The van der Waals surface area contributed by atoms with Crippen molar-refractivity contribution in [2.45, 2.75) is 38.8 Å². The van der Waals surface area contributed by atoms with Crippen molar-refractivity contribution < 1.29 is 9.53 Å². The molecule has 1 unspecified atom stereocenters. The van der Waals surface area contributed by atoms with Crippen LogP contribution in [0.25, 0.3) is 0 Å². The minimum atomic E-state index is 0.123. The van der Waals surface area contributed by atoms with Crippen molar-refractivity contribution in [1.82, 2.24) is 4.90 Å². The second-order valence-electron chi connectivity index (χ2n) is 3.51. The molecule has 1 heterocycles. The zero-order chi connectivity index (χ0) is 9.14. The molecule has 1 aliphatic heterocycles. The summed E-state index contributed by atoms with van der Waals surface area (Å²) in [5.74, 6) is 0.123. The molecule has 1 aliphatic rings. The monoisotopic (exact) mass is 171 g/mol. The third kappa shape index (κ3) is 2.21. The number of amides is 1. The van der Waals surface area contributed by atoms with Crippen molar-refractivity contribution in [3.63, 3.8) is 0 Å². The van der Waals surface area contributed by atoms with E-state index in [9.17, 15) is 4.79 Å². The number of carbonyl (C=O) groups excluding carboxylic acids is 1. The van der Waals surface area contributed by atoms with E-state index in [-0.39, 0.29) is 5.91 Å².